The summed E-state index contributed by atoms with van der Waals surface area (Å²) in [6.45, 7) is 1.62. The average Bonchev–Trinajstić information content (AvgIpc) is 3.03. The number of hydrogen-bond donors (Lipinski definition) is 4. The number of nitrogens with two attached hydrogens (primary N) is 1. The molecule has 3 aliphatic rings. The third-order valence-corrected chi connectivity index (χ3v) is 5.55. The Morgan fingerprint density at radius 3 is 2.70 bits per heavy atom. The molecule has 13 heteroatoms. The fraction of sp³-hybridized carbons (Fsp3) is 0.786. The Morgan fingerprint density at radius 2 is 2.07 bits per heavy atom. The Labute approximate surface area is 157 Å². The quantitative estimate of drug-likeness (QED) is 0.216. The van der Waals surface area contributed by atoms with Crippen molar-refractivity contribution in [3.05, 3.63) is 0 Å². The van der Waals surface area contributed by atoms with Crippen LogP contribution in [0.15, 0.2) is 5.16 Å². The van der Waals surface area contributed by atoms with Gasteiger partial charge in [0, 0.05) is 38.9 Å². The number of nitrogens with one attached hydrogen (secondary N) is 2. The fourth-order valence-electron chi connectivity index (χ4n) is 3.82. The number of likely N-dealkylation sites (tertiary alicyclic amines) is 2. The van der Waals surface area contributed by atoms with Gasteiger partial charge in [0.2, 0.25) is 0 Å². The summed E-state index contributed by atoms with van der Waals surface area (Å²) in [6, 6.07) is -1.08. The number of hydroxylamine groups is 1. The molecule has 3 heterocycles. The SMILES string of the molecule is N=C(N)N1CCC2(CC1)CC([C@@H]1CCCCN1C(=O)NOS(=O)(=O)O)=NO2. The van der Waals surface area contributed by atoms with Crippen LogP contribution < -0.4 is 11.2 Å². The Balaban J connectivity index is 1.62. The minimum absolute atomic E-state index is 0.0398. The van der Waals surface area contributed by atoms with Gasteiger partial charge in [-0.3, -0.25) is 9.96 Å². The maximum atomic E-state index is 12.3. The molecule has 0 aromatic carbocycles. The molecule has 1 spiro atoms. The van der Waals surface area contributed by atoms with Crippen LogP contribution in [0.3, 0.4) is 0 Å². The van der Waals surface area contributed by atoms with Crippen LogP contribution in [0.4, 0.5) is 4.79 Å². The van der Waals surface area contributed by atoms with Crippen LogP contribution in [0.2, 0.25) is 0 Å². The van der Waals surface area contributed by atoms with Crippen LogP contribution in [0.25, 0.3) is 0 Å². The number of urea groups is 1. The topological polar surface area (TPSA) is 171 Å². The number of guanidine groups is 1. The van der Waals surface area contributed by atoms with E-state index >= 15 is 0 Å². The number of amides is 2. The van der Waals surface area contributed by atoms with E-state index in [1.165, 1.54) is 4.90 Å². The summed E-state index contributed by atoms with van der Waals surface area (Å²) in [6.07, 6.45) is 4.25. The molecule has 3 rings (SSSR count). The lowest BCUT2D eigenvalue weighted by molar-refractivity contribution is -0.0525. The van der Waals surface area contributed by atoms with Crippen molar-refractivity contribution in [2.45, 2.75) is 50.2 Å². The summed E-state index contributed by atoms with van der Waals surface area (Å²) >= 11 is 0. The van der Waals surface area contributed by atoms with Gasteiger partial charge in [0.25, 0.3) is 0 Å². The number of carbonyl (C=O) groups is 1. The van der Waals surface area contributed by atoms with Crippen molar-refractivity contribution in [1.29, 1.82) is 5.41 Å². The van der Waals surface area contributed by atoms with Gasteiger partial charge in [-0.05, 0) is 19.3 Å². The van der Waals surface area contributed by atoms with Crippen molar-refractivity contribution in [2.75, 3.05) is 19.6 Å². The lowest BCUT2D eigenvalue weighted by Crippen LogP contribution is -2.53. The van der Waals surface area contributed by atoms with Gasteiger partial charge in [-0.1, -0.05) is 5.16 Å². The van der Waals surface area contributed by atoms with E-state index in [-0.39, 0.29) is 12.0 Å². The molecule has 1 atom stereocenters. The number of oxime groups is 1. The zero-order valence-corrected chi connectivity index (χ0v) is 15.6. The maximum Gasteiger partial charge on any atom is 0.418 e. The van der Waals surface area contributed by atoms with Gasteiger partial charge in [0.1, 0.15) is 5.60 Å². The largest absolute Gasteiger partial charge is 0.418 e. The highest BCUT2D eigenvalue weighted by Crippen LogP contribution is 2.37. The minimum atomic E-state index is -4.77. The van der Waals surface area contributed by atoms with E-state index in [1.54, 1.807) is 10.4 Å². The van der Waals surface area contributed by atoms with Gasteiger partial charge in [-0.15, -0.1) is 4.28 Å². The monoisotopic (exact) mass is 404 g/mol. The van der Waals surface area contributed by atoms with E-state index in [0.717, 1.165) is 18.6 Å². The highest BCUT2D eigenvalue weighted by atomic mass is 32.3. The van der Waals surface area contributed by atoms with Crippen molar-refractivity contribution in [3.8, 4) is 0 Å². The molecule has 152 valence electrons. The predicted molar refractivity (Wildman–Crippen MR) is 94.1 cm³/mol. The number of nitrogens with zero attached hydrogens (tertiary/aromatic N) is 3. The highest BCUT2D eigenvalue weighted by Gasteiger charge is 2.45. The van der Waals surface area contributed by atoms with E-state index in [4.69, 9.17) is 20.5 Å². The smallest absolute Gasteiger partial charge is 0.389 e. The van der Waals surface area contributed by atoms with E-state index in [2.05, 4.69) is 9.44 Å². The Hall–Kier alpha value is -2.12. The first-order valence-electron chi connectivity index (χ1n) is 8.76. The summed E-state index contributed by atoms with van der Waals surface area (Å²) in [7, 11) is -4.77. The standard InChI is InChI=1S/C14H24N6O6S/c15-12(16)19-7-4-14(5-8-19)9-10(17-25-14)11-3-1-2-6-20(11)13(21)18-26-27(22,23)24/h11H,1-9H2,(H3,15,16)(H,18,21)(H,22,23,24)/t11-/m0/s1. The number of carbonyl (C=O) groups excluding carboxylic acids is 1. The molecule has 0 radical (unpaired) electrons. The molecule has 5 N–H and O–H groups in total. The average molecular weight is 404 g/mol. The third-order valence-electron chi connectivity index (χ3n) is 5.26. The number of hydrogen-bond acceptors (Lipinski definition) is 7. The van der Waals surface area contributed by atoms with Gasteiger partial charge in [0.15, 0.2) is 5.96 Å². The molecule has 0 aromatic rings. The molecule has 0 bridgehead atoms. The normalized spacial score (nSPS) is 25.1. The van der Waals surface area contributed by atoms with Crippen LogP contribution in [0.5, 0.6) is 0 Å². The summed E-state index contributed by atoms with van der Waals surface area (Å²) in [5, 5.41) is 11.7. The molecule has 2 fully saturated rings. The van der Waals surface area contributed by atoms with E-state index in [1.807, 2.05) is 0 Å². The summed E-state index contributed by atoms with van der Waals surface area (Å²) < 4.78 is 33.9. The van der Waals surface area contributed by atoms with Crippen molar-refractivity contribution in [1.82, 2.24) is 15.3 Å². The van der Waals surface area contributed by atoms with Gasteiger partial charge in [0.05, 0.1) is 11.8 Å². The Bertz CT molecular complexity index is 732. The zero-order chi connectivity index (χ0) is 19.7. The van der Waals surface area contributed by atoms with Crippen molar-refractivity contribution >= 4 is 28.1 Å². The minimum Gasteiger partial charge on any atom is -0.389 e. The second-order valence-electron chi connectivity index (χ2n) is 7.03. The molecule has 2 amide bonds. The molecular weight excluding hydrogens is 380 g/mol. The first-order chi connectivity index (χ1) is 12.7. The van der Waals surface area contributed by atoms with Crippen molar-refractivity contribution in [3.63, 3.8) is 0 Å². The van der Waals surface area contributed by atoms with Crippen molar-refractivity contribution < 1.29 is 26.9 Å². The van der Waals surface area contributed by atoms with E-state index < -0.39 is 22.0 Å². The molecule has 12 nitrogen and oxygen atoms in total. The third kappa shape index (κ3) is 4.59. The predicted octanol–water partition coefficient (Wildman–Crippen LogP) is -0.211. The van der Waals surface area contributed by atoms with E-state index in [9.17, 15) is 13.2 Å². The number of piperidine rings is 2. The summed E-state index contributed by atoms with van der Waals surface area (Å²) in [5.74, 6) is 0.0398. The number of rotatable bonds is 3. The zero-order valence-electron chi connectivity index (χ0n) is 14.8. The Morgan fingerprint density at radius 1 is 1.37 bits per heavy atom. The molecule has 27 heavy (non-hydrogen) atoms. The Kier molecular flexibility index (Phi) is 5.44. The van der Waals surface area contributed by atoms with Crippen molar-refractivity contribution in [2.24, 2.45) is 10.9 Å². The van der Waals surface area contributed by atoms with Crippen LogP contribution in [0, 0.1) is 5.41 Å². The van der Waals surface area contributed by atoms with Gasteiger partial charge >= 0.3 is 16.4 Å². The van der Waals surface area contributed by atoms with Crippen LogP contribution in [-0.4, -0.2) is 71.7 Å². The van der Waals surface area contributed by atoms with Gasteiger partial charge in [-0.25, -0.2) is 4.79 Å². The second-order valence-corrected chi connectivity index (χ2v) is 8.05. The molecule has 0 saturated carbocycles. The molecule has 2 saturated heterocycles. The molecule has 0 aromatic heterocycles. The fourth-order valence-corrected chi connectivity index (χ4v) is 4.00. The van der Waals surface area contributed by atoms with E-state index in [0.29, 0.717) is 45.3 Å². The highest BCUT2D eigenvalue weighted by molar-refractivity contribution is 7.80. The second kappa shape index (κ2) is 7.48. The summed E-state index contributed by atoms with van der Waals surface area (Å²) in [5.41, 5.74) is 7.55. The molecular formula is C14H24N6O6S. The van der Waals surface area contributed by atoms with Crippen LogP contribution >= 0.6 is 0 Å². The molecule has 0 aliphatic carbocycles. The van der Waals surface area contributed by atoms with Gasteiger partial charge in [-0.2, -0.15) is 13.9 Å². The lowest BCUT2D eigenvalue weighted by atomic mass is 9.84. The van der Waals surface area contributed by atoms with Crippen LogP contribution in [-0.2, 0) is 19.5 Å². The lowest BCUT2D eigenvalue weighted by Gasteiger charge is -2.38. The first-order valence-corrected chi connectivity index (χ1v) is 10.1. The molecule has 0 unspecified atom stereocenters. The maximum absolute atomic E-state index is 12.3. The summed E-state index contributed by atoms with van der Waals surface area (Å²) in [4.78, 5) is 21.2. The van der Waals surface area contributed by atoms with Gasteiger partial charge < -0.3 is 20.4 Å². The van der Waals surface area contributed by atoms with Crippen LogP contribution in [0.1, 0.15) is 38.5 Å². The first kappa shape index (κ1) is 19.6. The molecule has 3 aliphatic heterocycles.